The van der Waals surface area contributed by atoms with Crippen LogP contribution >= 0.6 is 11.6 Å². The first kappa shape index (κ1) is 13.3. The fourth-order valence-electron chi connectivity index (χ4n) is 3.33. The highest BCUT2D eigenvalue weighted by Gasteiger charge is 2.40. The third kappa shape index (κ3) is 2.64. The van der Waals surface area contributed by atoms with Crippen molar-refractivity contribution < 1.29 is 4.39 Å². The van der Waals surface area contributed by atoms with E-state index in [0.717, 1.165) is 18.5 Å². The van der Waals surface area contributed by atoms with Gasteiger partial charge in [0.05, 0.1) is 5.02 Å². The molecule has 1 saturated carbocycles. The molecule has 1 heterocycles. The number of halogens is 2. The van der Waals surface area contributed by atoms with Crippen LogP contribution < -0.4 is 5.73 Å². The molecule has 2 nitrogen and oxygen atoms in total. The summed E-state index contributed by atoms with van der Waals surface area (Å²) in [6, 6.07) is 6.14. The lowest BCUT2D eigenvalue weighted by Gasteiger charge is -2.41. The fraction of sp³-hybridized carbons (Fsp3) is 0.600. The topological polar surface area (TPSA) is 29.3 Å². The van der Waals surface area contributed by atoms with Gasteiger partial charge in [0.15, 0.2) is 0 Å². The minimum absolute atomic E-state index is 0.217. The number of rotatable bonds is 3. The monoisotopic (exact) mass is 282 g/mol. The molecule has 2 aliphatic rings. The Bertz CT molecular complexity index is 461. The van der Waals surface area contributed by atoms with E-state index in [9.17, 15) is 4.39 Å². The molecule has 1 aromatic carbocycles. The van der Waals surface area contributed by atoms with Gasteiger partial charge in [-0.15, -0.1) is 0 Å². The number of likely N-dealkylation sites (tertiary alicyclic amines) is 1. The van der Waals surface area contributed by atoms with E-state index >= 15 is 0 Å². The molecular formula is C15H20ClFN2. The summed E-state index contributed by atoms with van der Waals surface area (Å²) in [5.41, 5.74) is 7.07. The van der Waals surface area contributed by atoms with Crippen molar-refractivity contribution in [3.63, 3.8) is 0 Å². The van der Waals surface area contributed by atoms with Crippen molar-refractivity contribution in [1.82, 2.24) is 4.90 Å². The van der Waals surface area contributed by atoms with E-state index in [1.54, 1.807) is 6.07 Å². The summed E-state index contributed by atoms with van der Waals surface area (Å²) in [6.45, 7) is 1.81. The Kier molecular flexibility index (Phi) is 3.79. The molecule has 2 fully saturated rings. The first-order chi connectivity index (χ1) is 9.20. The maximum absolute atomic E-state index is 13.3. The summed E-state index contributed by atoms with van der Waals surface area (Å²) in [5, 5.41) is 0.217. The van der Waals surface area contributed by atoms with Crippen LogP contribution in [0.3, 0.4) is 0 Å². The lowest BCUT2D eigenvalue weighted by molar-refractivity contribution is 0.0879. The van der Waals surface area contributed by atoms with Gasteiger partial charge >= 0.3 is 0 Å². The van der Waals surface area contributed by atoms with Gasteiger partial charge in [0.2, 0.25) is 0 Å². The van der Waals surface area contributed by atoms with Gasteiger partial charge in [-0.25, -0.2) is 4.39 Å². The first-order valence-electron chi connectivity index (χ1n) is 7.11. The molecule has 2 unspecified atom stereocenters. The van der Waals surface area contributed by atoms with E-state index in [4.69, 9.17) is 17.3 Å². The van der Waals surface area contributed by atoms with E-state index < -0.39 is 0 Å². The van der Waals surface area contributed by atoms with E-state index in [2.05, 4.69) is 4.90 Å². The average Bonchev–Trinajstić information content (AvgIpc) is 3.25. The highest BCUT2D eigenvalue weighted by Crippen LogP contribution is 2.43. The second-order valence-electron chi connectivity index (χ2n) is 5.73. The smallest absolute Gasteiger partial charge is 0.141 e. The number of hydrogen-bond donors (Lipinski definition) is 1. The summed E-state index contributed by atoms with van der Waals surface area (Å²) >= 11 is 5.94. The standard InChI is InChI=1S/C15H20ClFN2/c16-13-8-10(3-6-14(13)17)15-11(9-18)2-1-7-19(15)12-4-5-12/h3,6,8,11-12,15H,1-2,4-5,7,9,18H2. The summed E-state index contributed by atoms with van der Waals surface area (Å²) in [5.74, 6) is 0.111. The zero-order valence-corrected chi connectivity index (χ0v) is 11.7. The molecule has 104 valence electrons. The lowest BCUT2D eigenvalue weighted by atomic mass is 9.84. The van der Waals surface area contributed by atoms with Gasteiger partial charge < -0.3 is 5.73 Å². The van der Waals surface area contributed by atoms with Crippen LogP contribution in [0.25, 0.3) is 0 Å². The Morgan fingerprint density at radius 1 is 1.32 bits per heavy atom. The number of benzene rings is 1. The molecule has 1 saturated heterocycles. The highest BCUT2D eigenvalue weighted by molar-refractivity contribution is 6.30. The number of hydrogen-bond acceptors (Lipinski definition) is 2. The molecule has 3 rings (SSSR count). The fourth-order valence-corrected chi connectivity index (χ4v) is 3.52. The Balaban J connectivity index is 1.93. The van der Waals surface area contributed by atoms with E-state index in [1.807, 2.05) is 6.07 Å². The first-order valence-corrected chi connectivity index (χ1v) is 7.49. The van der Waals surface area contributed by atoms with Crippen molar-refractivity contribution in [3.05, 3.63) is 34.6 Å². The maximum atomic E-state index is 13.3. The third-order valence-electron chi connectivity index (χ3n) is 4.40. The summed E-state index contributed by atoms with van der Waals surface area (Å²) in [4.78, 5) is 2.56. The van der Waals surface area contributed by atoms with Gasteiger partial charge in [0.25, 0.3) is 0 Å². The molecule has 4 heteroatoms. The Morgan fingerprint density at radius 2 is 2.11 bits per heavy atom. The second-order valence-corrected chi connectivity index (χ2v) is 6.13. The van der Waals surface area contributed by atoms with Crippen molar-refractivity contribution in [2.75, 3.05) is 13.1 Å². The summed E-state index contributed by atoms with van der Waals surface area (Å²) < 4.78 is 13.3. The molecule has 1 aliphatic heterocycles. The molecule has 19 heavy (non-hydrogen) atoms. The minimum Gasteiger partial charge on any atom is -0.330 e. The van der Waals surface area contributed by atoms with Crippen LogP contribution in [0, 0.1) is 11.7 Å². The predicted octanol–water partition coefficient (Wildman–Crippen LogP) is 3.35. The van der Waals surface area contributed by atoms with Gasteiger partial charge in [-0.1, -0.05) is 17.7 Å². The summed E-state index contributed by atoms with van der Waals surface area (Å²) in [6.07, 6.45) is 4.93. The van der Waals surface area contributed by atoms with Crippen molar-refractivity contribution in [2.45, 2.75) is 37.8 Å². The van der Waals surface area contributed by atoms with Crippen molar-refractivity contribution >= 4 is 11.6 Å². The Hall–Kier alpha value is -0.640. The summed E-state index contributed by atoms with van der Waals surface area (Å²) in [7, 11) is 0. The molecule has 0 aromatic heterocycles. The van der Waals surface area contributed by atoms with Crippen LogP contribution in [0.15, 0.2) is 18.2 Å². The molecule has 2 N–H and O–H groups in total. The molecule has 0 spiro atoms. The van der Waals surface area contributed by atoms with Gasteiger partial charge in [-0.2, -0.15) is 0 Å². The van der Waals surface area contributed by atoms with Gasteiger partial charge in [0.1, 0.15) is 5.82 Å². The van der Waals surface area contributed by atoms with Crippen LogP contribution in [-0.4, -0.2) is 24.0 Å². The van der Waals surface area contributed by atoms with Crippen LogP contribution in [0.5, 0.6) is 0 Å². The minimum atomic E-state index is -0.344. The zero-order valence-electron chi connectivity index (χ0n) is 11.0. The van der Waals surface area contributed by atoms with Crippen LogP contribution in [0.1, 0.15) is 37.3 Å². The van der Waals surface area contributed by atoms with Gasteiger partial charge in [-0.3, -0.25) is 4.90 Å². The number of nitrogens with two attached hydrogens (primary N) is 1. The lowest BCUT2D eigenvalue weighted by Crippen LogP contribution is -2.42. The van der Waals surface area contributed by atoms with Crippen molar-refractivity contribution in [1.29, 1.82) is 0 Å². The molecule has 2 atom stereocenters. The molecule has 1 aliphatic carbocycles. The van der Waals surface area contributed by atoms with E-state index in [0.29, 0.717) is 24.5 Å². The van der Waals surface area contributed by atoms with E-state index in [-0.39, 0.29) is 10.8 Å². The van der Waals surface area contributed by atoms with Crippen LogP contribution in [0.2, 0.25) is 5.02 Å². The van der Waals surface area contributed by atoms with Crippen LogP contribution in [0.4, 0.5) is 4.39 Å². The largest absolute Gasteiger partial charge is 0.330 e. The van der Waals surface area contributed by atoms with Crippen LogP contribution in [-0.2, 0) is 0 Å². The second kappa shape index (κ2) is 5.39. The maximum Gasteiger partial charge on any atom is 0.141 e. The quantitative estimate of drug-likeness (QED) is 0.921. The number of nitrogens with zero attached hydrogens (tertiary/aromatic N) is 1. The molecule has 0 bridgehead atoms. The van der Waals surface area contributed by atoms with Gasteiger partial charge in [0, 0.05) is 12.1 Å². The molecule has 1 aromatic rings. The zero-order chi connectivity index (χ0) is 13.4. The van der Waals surface area contributed by atoms with Gasteiger partial charge in [-0.05, 0) is 62.4 Å². The van der Waals surface area contributed by atoms with Crippen molar-refractivity contribution in [2.24, 2.45) is 11.7 Å². The Labute approximate surface area is 118 Å². The normalized spacial score (nSPS) is 28.6. The van der Waals surface area contributed by atoms with Crippen molar-refractivity contribution in [3.8, 4) is 0 Å². The molecular weight excluding hydrogens is 263 g/mol. The number of piperidine rings is 1. The highest BCUT2D eigenvalue weighted by atomic mass is 35.5. The van der Waals surface area contributed by atoms with E-state index in [1.165, 1.54) is 25.3 Å². The molecule has 0 radical (unpaired) electrons. The molecule has 0 amide bonds. The predicted molar refractivity (Wildman–Crippen MR) is 75.7 cm³/mol. The SMILES string of the molecule is NCC1CCCN(C2CC2)C1c1ccc(F)c(Cl)c1. The average molecular weight is 283 g/mol. The Morgan fingerprint density at radius 3 is 2.74 bits per heavy atom. The third-order valence-corrected chi connectivity index (χ3v) is 4.69.